The van der Waals surface area contributed by atoms with Gasteiger partial charge in [0.05, 0.1) is 24.9 Å². The summed E-state index contributed by atoms with van der Waals surface area (Å²) in [5, 5.41) is 6.81. The smallest absolute Gasteiger partial charge is 0.337 e. The molecule has 0 aliphatic rings. The van der Waals surface area contributed by atoms with Gasteiger partial charge >= 0.3 is 5.97 Å². The molecule has 25 heavy (non-hydrogen) atoms. The number of carbonyl (C=O) groups excluding carboxylic acids is 2. The van der Waals surface area contributed by atoms with E-state index in [1.54, 1.807) is 12.1 Å². The fraction of sp³-hybridized carbons (Fsp3) is 0.118. The van der Waals surface area contributed by atoms with Crippen LogP contribution in [0.5, 0.6) is 0 Å². The molecule has 7 nitrogen and oxygen atoms in total. The van der Waals surface area contributed by atoms with Gasteiger partial charge in [0, 0.05) is 11.8 Å². The van der Waals surface area contributed by atoms with Gasteiger partial charge in [0.15, 0.2) is 0 Å². The summed E-state index contributed by atoms with van der Waals surface area (Å²) >= 11 is 1.03. The zero-order valence-electron chi connectivity index (χ0n) is 13.3. The summed E-state index contributed by atoms with van der Waals surface area (Å²) in [4.78, 5) is 28.6. The van der Waals surface area contributed by atoms with Crippen molar-refractivity contribution < 1.29 is 14.3 Å². The van der Waals surface area contributed by atoms with Crippen LogP contribution in [0.15, 0.2) is 48.7 Å². The van der Waals surface area contributed by atoms with Crippen LogP contribution in [0.25, 0.3) is 11.3 Å². The predicted octanol–water partition coefficient (Wildman–Crippen LogP) is 2.32. The van der Waals surface area contributed by atoms with Gasteiger partial charge in [-0.25, -0.2) is 4.79 Å². The van der Waals surface area contributed by atoms with E-state index in [1.807, 2.05) is 30.3 Å². The van der Waals surface area contributed by atoms with Gasteiger partial charge in [-0.2, -0.15) is 0 Å². The average molecular weight is 354 g/mol. The van der Waals surface area contributed by atoms with Crippen molar-refractivity contribution in [2.45, 2.75) is 6.54 Å². The highest BCUT2D eigenvalue weighted by Gasteiger charge is 2.17. The highest BCUT2D eigenvalue weighted by atomic mass is 32.1. The van der Waals surface area contributed by atoms with Crippen LogP contribution in [-0.2, 0) is 11.3 Å². The second-order valence-corrected chi connectivity index (χ2v) is 5.78. The Morgan fingerprint density at radius 1 is 1.20 bits per heavy atom. The van der Waals surface area contributed by atoms with E-state index in [0.717, 1.165) is 17.1 Å². The molecule has 0 spiro atoms. The maximum absolute atomic E-state index is 12.4. The Morgan fingerprint density at radius 2 is 2.00 bits per heavy atom. The number of nitrogens with zero attached hydrogens (tertiary/aromatic N) is 3. The fourth-order valence-corrected chi connectivity index (χ4v) is 2.80. The summed E-state index contributed by atoms with van der Waals surface area (Å²) in [7, 11) is 1.31. The maximum Gasteiger partial charge on any atom is 0.337 e. The molecule has 3 rings (SSSR count). The summed E-state index contributed by atoms with van der Waals surface area (Å²) in [6.45, 7) is 0.176. The third-order valence-corrected chi connectivity index (χ3v) is 4.13. The monoisotopic (exact) mass is 354 g/mol. The largest absolute Gasteiger partial charge is 0.465 e. The quantitative estimate of drug-likeness (QED) is 0.707. The van der Waals surface area contributed by atoms with Crippen molar-refractivity contribution in [2.24, 2.45) is 0 Å². The first-order chi connectivity index (χ1) is 12.2. The number of rotatable bonds is 5. The standard InChI is InChI=1S/C17H14N4O3S/c1-24-17(23)12-7-8-18-13(9-12)10-19-16(22)15-14(20-21-25-15)11-5-3-2-4-6-11/h2-9H,10H2,1H3,(H,19,22). The molecule has 0 bridgehead atoms. The molecule has 0 unspecified atom stereocenters. The van der Waals surface area contributed by atoms with E-state index in [4.69, 9.17) is 0 Å². The first-order valence-corrected chi connectivity index (χ1v) is 8.15. The van der Waals surface area contributed by atoms with Crippen LogP contribution in [-0.4, -0.2) is 33.6 Å². The fourth-order valence-electron chi connectivity index (χ4n) is 2.20. The van der Waals surface area contributed by atoms with Crippen LogP contribution in [0.4, 0.5) is 0 Å². The number of amides is 1. The molecule has 2 heterocycles. The Kier molecular flexibility index (Phi) is 5.10. The third kappa shape index (κ3) is 3.86. The molecule has 1 amide bonds. The second kappa shape index (κ2) is 7.63. The Bertz CT molecular complexity index is 896. The number of ether oxygens (including phenoxy) is 1. The van der Waals surface area contributed by atoms with Crippen LogP contribution < -0.4 is 5.32 Å². The molecule has 0 radical (unpaired) electrons. The lowest BCUT2D eigenvalue weighted by Crippen LogP contribution is -2.23. The van der Waals surface area contributed by atoms with Gasteiger partial charge in [-0.3, -0.25) is 9.78 Å². The lowest BCUT2D eigenvalue weighted by atomic mass is 10.1. The highest BCUT2D eigenvalue weighted by Crippen LogP contribution is 2.23. The van der Waals surface area contributed by atoms with Gasteiger partial charge in [-0.1, -0.05) is 34.8 Å². The van der Waals surface area contributed by atoms with E-state index in [-0.39, 0.29) is 12.5 Å². The van der Waals surface area contributed by atoms with E-state index in [0.29, 0.717) is 21.8 Å². The number of hydrogen-bond donors (Lipinski definition) is 1. The van der Waals surface area contributed by atoms with Crippen LogP contribution in [0.2, 0.25) is 0 Å². The SMILES string of the molecule is COC(=O)c1ccnc(CNC(=O)c2snnc2-c2ccccc2)c1. The molecule has 1 aromatic carbocycles. The molecule has 2 aromatic heterocycles. The Balaban J connectivity index is 1.72. The van der Waals surface area contributed by atoms with Gasteiger partial charge in [0.1, 0.15) is 10.6 Å². The van der Waals surface area contributed by atoms with E-state index in [2.05, 4.69) is 24.6 Å². The normalized spacial score (nSPS) is 10.3. The molecule has 0 atom stereocenters. The van der Waals surface area contributed by atoms with Crippen LogP contribution in [0.1, 0.15) is 25.7 Å². The molecule has 0 saturated carbocycles. The maximum atomic E-state index is 12.4. The van der Waals surface area contributed by atoms with Gasteiger partial charge in [0.2, 0.25) is 0 Å². The summed E-state index contributed by atoms with van der Waals surface area (Å²) in [6, 6.07) is 12.5. The van der Waals surface area contributed by atoms with Crippen LogP contribution in [0, 0.1) is 0 Å². The number of aromatic nitrogens is 3. The van der Waals surface area contributed by atoms with Gasteiger partial charge in [-0.05, 0) is 23.7 Å². The molecule has 8 heteroatoms. The predicted molar refractivity (Wildman–Crippen MR) is 92.1 cm³/mol. The first kappa shape index (κ1) is 16.7. The highest BCUT2D eigenvalue weighted by molar-refractivity contribution is 7.08. The first-order valence-electron chi connectivity index (χ1n) is 7.38. The zero-order chi connectivity index (χ0) is 17.6. The molecule has 0 saturated heterocycles. The van der Waals surface area contributed by atoms with Crippen molar-refractivity contribution in [3.05, 3.63) is 64.8 Å². The lowest BCUT2D eigenvalue weighted by molar-refractivity contribution is 0.0600. The van der Waals surface area contributed by atoms with Gasteiger partial charge in [0.25, 0.3) is 5.91 Å². The molecule has 0 fully saturated rings. The number of nitrogens with one attached hydrogen (secondary N) is 1. The molecule has 0 aliphatic heterocycles. The number of methoxy groups -OCH3 is 1. The summed E-state index contributed by atoms with van der Waals surface area (Å²) in [6.07, 6.45) is 1.50. The van der Waals surface area contributed by atoms with E-state index in [9.17, 15) is 9.59 Å². The van der Waals surface area contributed by atoms with E-state index < -0.39 is 5.97 Å². The number of carbonyl (C=O) groups is 2. The van der Waals surface area contributed by atoms with Crippen LogP contribution >= 0.6 is 11.5 Å². The second-order valence-electron chi connectivity index (χ2n) is 5.03. The van der Waals surface area contributed by atoms with Crippen molar-refractivity contribution in [2.75, 3.05) is 7.11 Å². The molecule has 126 valence electrons. The zero-order valence-corrected chi connectivity index (χ0v) is 14.1. The van der Waals surface area contributed by atoms with E-state index >= 15 is 0 Å². The van der Waals surface area contributed by atoms with Crippen molar-refractivity contribution >= 4 is 23.4 Å². The molecule has 0 aliphatic carbocycles. The Morgan fingerprint density at radius 3 is 2.76 bits per heavy atom. The summed E-state index contributed by atoms with van der Waals surface area (Å²) < 4.78 is 8.55. The van der Waals surface area contributed by atoms with Gasteiger partial charge in [-0.15, -0.1) is 5.10 Å². The van der Waals surface area contributed by atoms with Crippen LogP contribution in [0.3, 0.4) is 0 Å². The number of pyridine rings is 1. The number of benzene rings is 1. The minimum atomic E-state index is -0.451. The number of hydrogen-bond acceptors (Lipinski definition) is 7. The van der Waals surface area contributed by atoms with Crippen molar-refractivity contribution in [3.8, 4) is 11.3 Å². The Labute approximate surface area is 147 Å². The van der Waals surface area contributed by atoms with Crippen molar-refractivity contribution in [1.29, 1.82) is 0 Å². The van der Waals surface area contributed by atoms with Crippen molar-refractivity contribution in [3.63, 3.8) is 0 Å². The summed E-state index contributed by atoms with van der Waals surface area (Å²) in [5.74, 6) is -0.743. The topological polar surface area (TPSA) is 94.1 Å². The molecular formula is C17H14N4O3S. The number of esters is 1. The average Bonchev–Trinajstić information content (AvgIpc) is 3.16. The van der Waals surface area contributed by atoms with Gasteiger partial charge < -0.3 is 10.1 Å². The molecular weight excluding hydrogens is 340 g/mol. The minimum Gasteiger partial charge on any atom is -0.465 e. The Hall–Kier alpha value is -3.13. The summed E-state index contributed by atoms with van der Waals surface area (Å²) in [5.41, 5.74) is 2.30. The lowest BCUT2D eigenvalue weighted by Gasteiger charge is -2.06. The minimum absolute atomic E-state index is 0.176. The van der Waals surface area contributed by atoms with Crippen molar-refractivity contribution in [1.82, 2.24) is 19.9 Å². The molecule has 1 N–H and O–H groups in total. The third-order valence-electron chi connectivity index (χ3n) is 3.41. The van der Waals surface area contributed by atoms with E-state index in [1.165, 1.54) is 13.3 Å². The molecule has 3 aromatic rings.